The van der Waals surface area contributed by atoms with Gasteiger partial charge < -0.3 is 20.2 Å². The van der Waals surface area contributed by atoms with E-state index in [9.17, 15) is 14.4 Å². The lowest BCUT2D eigenvalue weighted by molar-refractivity contribution is 0.102. The molecule has 0 atom stereocenters. The van der Waals surface area contributed by atoms with E-state index in [2.05, 4.69) is 41.4 Å². The van der Waals surface area contributed by atoms with E-state index in [0.29, 0.717) is 16.9 Å². The zero-order valence-corrected chi connectivity index (χ0v) is 21.0. The summed E-state index contributed by atoms with van der Waals surface area (Å²) in [6.45, 7) is 8.27. The number of nitrogens with zero attached hydrogens (tertiary/aromatic N) is 2. The summed E-state index contributed by atoms with van der Waals surface area (Å²) in [6, 6.07) is 16.3. The van der Waals surface area contributed by atoms with Crippen molar-refractivity contribution >= 4 is 23.1 Å². The molecule has 4 rings (SSSR count). The van der Waals surface area contributed by atoms with E-state index >= 15 is 0 Å². The third-order valence-corrected chi connectivity index (χ3v) is 6.01. The number of anilines is 3. The van der Waals surface area contributed by atoms with E-state index in [-0.39, 0.29) is 33.9 Å². The third-order valence-electron chi connectivity index (χ3n) is 6.01. The second kappa shape index (κ2) is 9.65. The molecule has 0 unspecified atom stereocenters. The van der Waals surface area contributed by atoms with Crippen LogP contribution in [0.15, 0.2) is 76.6 Å². The lowest BCUT2D eigenvalue weighted by Crippen LogP contribution is -2.23. The van der Waals surface area contributed by atoms with Crippen LogP contribution in [0, 0.1) is 6.92 Å². The predicted octanol–water partition coefficient (Wildman–Crippen LogP) is 4.74. The molecule has 0 aliphatic rings. The number of aromatic nitrogens is 3. The van der Waals surface area contributed by atoms with Gasteiger partial charge in [-0.05, 0) is 53.8 Å². The van der Waals surface area contributed by atoms with Crippen molar-refractivity contribution in [2.24, 2.45) is 7.05 Å². The van der Waals surface area contributed by atoms with Crippen LogP contribution in [0.3, 0.4) is 0 Å². The Bertz CT molecular complexity index is 1540. The van der Waals surface area contributed by atoms with Crippen molar-refractivity contribution in [3.8, 4) is 11.3 Å². The van der Waals surface area contributed by atoms with Crippen molar-refractivity contribution in [2.45, 2.75) is 33.1 Å². The van der Waals surface area contributed by atoms with Crippen LogP contribution in [0.2, 0.25) is 0 Å². The Morgan fingerprint density at radius 1 is 0.972 bits per heavy atom. The number of nitrogens with one attached hydrogen (secondary N) is 3. The molecule has 36 heavy (non-hydrogen) atoms. The van der Waals surface area contributed by atoms with E-state index < -0.39 is 0 Å². The molecule has 2 heterocycles. The number of benzene rings is 2. The maximum absolute atomic E-state index is 12.9. The number of aromatic amines is 1. The molecule has 0 radical (unpaired) electrons. The summed E-state index contributed by atoms with van der Waals surface area (Å²) < 4.78 is 1.41. The topological polar surface area (TPSA) is 109 Å². The first-order valence-electron chi connectivity index (χ1n) is 11.6. The second-order valence-corrected chi connectivity index (χ2v) is 9.69. The van der Waals surface area contributed by atoms with Crippen LogP contribution in [0.4, 0.5) is 17.2 Å². The maximum Gasteiger partial charge on any atom is 0.293 e. The molecule has 8 heteroatoms. The highest BCUT2D eigenvalue weighted by Crippen LogP contribution is 2.28. The number of amides is 1. The van der Waals surface area contributed by atoms with Gasteiger partial charge >= 0.3 is 0 Å². The minimum absolute atomic E-state index is 0.00441. The lowest BCUT2D eigenvalue weighted by Gasteiger charge is -2.19. The largest absolute Gasteiger partial charge is 0.331 e. The molecular weight excluding hydrogens is 454 g/mol. The van der Waals surface area contributed by atoms with Gasteiger partial charge in [0.1, 0.15) is 5.69 Å². The molecule has 3 N–H and O–H groups in total. The molecule has 4 aromatic rings. The standard InChI is InChI=1S/C28H29N5O3/c1-17-20(23-16-33(5)27(36)24(31-23)30-22-10-7-15-29-26(22)35)8-6-9-21(17)32-25(34)18-11-13-19(14-12-18)28(2,3)4/h6-16H,1-5H3,(H,29,35)(H,30,31)(H,32,34). The summed E-state index contributed by atoms with van der Waals surface area (Å²) in [7, 11) is 1.62. The molecule has 2 aromatic carbocycles. The Balaban J connectivity index is 1.65. The van der Waals surface area contributed by atoms with Crippen LogP contribution in [-0.4, -0.2) is 20.4 Å². The molecule has 8 nitrogen and oxygen atoms in total. The van der Waals surface area contributed by atoms with Crippen molar-refractivity contribution in [3.05, 3.63) is 104 Å². The highest BCUT2D eigenvalue weighted by molar-refractivity contribution is 6.05. The zero-order chi connectivity index (χ0) is 26.0. The minimum Gasteiger partial charge on any atom is -0.331 e. The Kier molecular flexibility index (Phi) is 6.61. The number of carbonyl (C=O) groups excluding carboxylic acids is 1. The Hall–Kier alpha value is -4.46. The number of hydrogen-bond acceptors (Lipinski definition) is 5. The number of carbonyl (C=O) groups is 1. The summed E-state index contributed by atoms with van der Waals surface area (Å²) in [5, 5.41) is 5.82. The highest BCUT2D eigenvalue weighted by Gasteiger charge is 2.17. The zero-order valence-electron chi connectivity index (χ0n) is 21.0. The number of aryl methyl sites for hydroxylation is 1. The second-order valence-electron chi connectivity index (χ2n) is 9.69. The van der Waals surface area contributed by atoms with Gasteiger partial charge in [-0.1, -0.05) is 45.0 Å². The lowest BCUT2D eigenvalue weighted by atomic mass is 9.86. The molecule has 0 spiro atoms. The minimum atomic E-state index is -0.372. The fourth-order valence-electron chi connectivity index (χ4n) is 3.83. The Morgan fingerprint density at radius 2 is 1.67 bits per heavy atom. The molecule has 0 saturated heterocycles. The summed E-state index contributed by atoms with van der Waals surface area (Å²) in [6.07, 6.45) is 3.14. The van der Waals surface area contributed by atoms with Crippen LogP contribution >= 0.6 is 0 Å². The molecule has 0 bridgehead atoms. The number of H-pyrrole nitrogens is 1. The van der Waals surface area contributed by atoms with Crippen LogP contribution in [0.1, 0.15) is 42.3 Å². The molecule has 1 amide bonds. The average Bonchev–Trinajstić information content (AvgIpc) is 2.84. The first-order valence-corrected chi connectivity index (χ1v) is 11.6. The maximum atomic E-state index is 12.9. The van der Waals surface area contributed by atoms with E-state index in [1.807, 2.05) is 49.4 Å². The quantitative estimate of drug-likeness (QED) is 0.380. The summed E-state index contributed by atoms with van der Waals surface area (Å²) >= 11 is 0. The van der Waals surface area contributed by atoms with Crippen LogP contribution < -0.4 is 21.8 Å². The Labute approximate surface area is 209 Å². The smallest absolute Gasteiger partial charge is 0.293 e. The van der Waals surface area contributed by atoms with Crippen molar-refractivity contribution in [1.82, 2.24) is 14.5 Å². The van der Waals surface area contributed by atoms with Gasteiger partial charge in [0, 0.05) is 36.3 Å². The Morgan fingerprint density at radius 3 is 2.33 bits per heavy atom. The van der Waals surface area contributed by atoms with Gasteiger partial charge in [-0.2, -0.15) is 0 Å². The summed E-state index contributed by atoms with van der Waals surface area (Å²) in [5.41, 5.74) is 3.91. The highest BCUT2D eigenvalue weighted by atomic mass is 16.2. The monoisotopic (exact) mass is 483 g/mol. The summed E-state index contributed by atoms with van der Waals surface area (Å²) in [4.78, 5) is 44.8. The molecule has 0 saturated carbocycles. The van der Waals surface area contributed by atoms with Gasteiger partial charge in [0.15, 0.2) is 5.82 Å². The predicted molar refractivity (Wildman–Crippen MR) is 143 cm³/mol. The SMILES string of the molecule is Cc1c(NC(=O)c2ccc(C(C)(C)C)cc2)cccc1-c1cn(C)c(=O)c(Nc2ccc[nH]c2=O)n1. The molecule has 0 fully saturated rings. The normalized spacial score (nSPS) is 11.2. The van der Waals surface area contributed by atoms with Crippen molar-refractivity contribution in [1.29, 1.82) is 0 Å². The van der Waals surface area contributed by atoms with Crippen LogP contribution in [-0.2, 0) is 12.5 Å². The number of hydrogen-bond donors (Lipinski definition) is 3. The average molecular weight is 484 g/mol. The van der Waals surface area contributed by atoms with Crippen molar-refractivity contribution in [3.63, 3.8) is 0 Å². The molecule has 184 valence electrons. The number of rotatable bonds is 5. The third kappa shape index (κ3) is 5.12. The van der Waals surface area contributed by atoms with E-state index in [1.165, 1.54) is 10.8 Å². The van der Waals surface area contributed by atoms with Gasteiger partial charge in [0.05, 0.1) is 5.69 Å². The fourth-order valence-corrected chi connectivity index (χ4v) is 3.83. The molecule has 0 aliphatic heterocycles. The molecular formula is C28H29N5O3. The van der Waals surface area contributed by atoms with E-state index in [0.717, 1.165) is 16.7 Å². The van der Waals surface area contributed by atoms with Gasteiger partial charge in [0.25, 0.3) is 17.0 Å². The fraction of sp³-hybridized carbons (Fsp3) is 0.214. The first-order chi connectivity index (χ1) is 17.0. The van der Waals surface area contributed by atoms with Gasteiger partial charge in [0.2, 0.25) is 0 Å². The molecule has 0 aliphatic carbocycles. The van der Waals surface area contributed by atoms with Crippen molar-refractivity contribution in [2.75, 3.05) is 10.6 Å². The van der Waals surface area contributed by atoms with E-state index in [1.54, 1.807) is 25.4 Å². The van der Waals surface area contributed by atoms with Gasteiger partial charge in [-0.3, -0.25) is 14.4 Å². The van der Waals surface area contributed by atoms with Crippen LogP contribution in [0.5, 0.6) is 0 Å². The van der Waals surface area contributed by atoms with E-state index in [4.69, 9.17) is 0 Å². The summed E-state index contributed by atoms with van der Waals surface area (Å²) in [5.74, 6) is -0.186. The first kappa shape index (κ1) is 24.7. The molecule has 2 aromatic heterocycles. The van der Waals surface area contributed by atoms with Crippen molar-refractivity contribution < 1.29 is 4.79 Å². The van der Waals surface area contributed by atoms with Crippen LogP contribution in [0.25, 0.3) is 11.3 Å². The van der Waals surface area contributed by atoms with Gasteiger partial charge in [-0.25, -0.2) is 4.98 Å². The van der Waals surface area contributed by atoms with Gasteiger partial charge in [-0.15, -0.1) is 0 Å². The number of pyridine rings is 1.